The molecule has 0 aromatic heterocycles. The Morgan fingerprint density at radius 1 is 0.920 bits per heavy atom. The smallest absolute Gasteiger partial charge is 0.224 e. The predicted octanol–water partition coefficient (Wildman–Crippen LogP) is 3.69. The van der Waals surface area contributed by atoms with Gasteiger partial charge < -0.3 is 14.8 Å². The van der Waals surface area contributed by atoms with Gasteiger partial charge >= 0.3 is 0 Å². The summed E-state index contributed by atoms with van der Waals surface area (Å²) >= 11 is 0. The van der Waals surface area contributed by atoms with Gasteiger partial charge in [-0.25, -0.2) is 0 Å². The average molecular weight is 341 g/mol. The Kier molecular flexibility index (Phi) is 7.33. The van der Waals surface area contributed by atoms with E-state index in [-0.39, 0.29) is 5.91 Å². The zero-order valence-corrected chi connectivity index (χ0v) is 15.3. The molecule has 134 valence electrons. The molecule has 0 saturated carbocycles. The number of aryl methyl sites for hydroxylation is 2. The van der Waals surface area contributed by atoms with Gasteiger partial charge in [0, 0.05) is 6.54 Å². The zero-order valence-electron chi connectivity index (χ0n) is 15.3. The molecular formula is C21H27NO3. The maximum atomic E-state index is 12.1. The van der Waals surface area contributed by atoms with Crippen LogP contribution in [0.5, 0.6) is 11.5 Å². The molecule has 2 aromatic carbocycles. The molecule has 25 heavy (non-hydrogen) atoms. The standard InChI is InChI=1S/C21H27NO3/c1-16-7-9-17(10-8-16)6-4-5-13-22-21(23)15-18-11-12-19(24-2)20(14-18)25-3/h7-12,14H,4-6,13,15H2,1-3H3,(H,22,23). The minimum atomic E-state index is 0.0301. The van der Waals surface area contributed by atoms with Crippen molar-refractivity contribution in [2.24, 2.45) is 0 Å². The fourth-order valence-electron chi connectivity index (χ4n) is 2.68. The van der Waals surface area contributed by atoms with E-state index in [1.807, 2.05) is 18.2 Å². The van der Waals surface area contributed by atoms with Crippen molar-refractivity contribution in [2.45, 2.75) is 32.6 Å². The highest BCUT2D eigenvalue weighted by Crippen LogP contribution is 2.27. The van der Waals surface area contributed by atoms with Gasteiger partial charge in [-0.05, 0) is 49.4 Å². The van der Waals surface area contributed by atoms with Crippen molar-refractivity contribution in [3.63, 3.8) is 0 Å². The summed E-state index contributed by atoms with van der Waals surface area (Å²) in [6.07, 6.45) is 3.44. The number of benzene rings is 2. The van der Waals surface area contributed by atoms with E-state index in [1.165, 1.54) is 11.1 Å². The Balaban J connectivity index is 1.69. The maximum absolute atomic E-state index is 12.1. The largest absolute Gasteiger partial charge is 0.493 e. The minimum Gasteiger partial charge on any atom is -0.493 e. The van der Waals surface area contributed by atoms with Crippen molar-refractivity contribution in [3.8, 4) is 11.5 Å². The number of rotatable bonds is 9. The second-order valence-corrected chi connectivity index (χ2v) is 6.16. The molecule has 0 spiro atoms. The number of hydrogen-bond acceptors (Lipinski definition) is 3. The fourth-order valence-corrected chi connectivity index (χ4v) is 2.68. The average Bonchev–Trinajstić information content (AvgIpc) is 2.62. The molecule has 0 aliphatic heterocycles. The molecule has 0 radical (unpaired) electrons. The summed E-state index contributed by atoms with van der Waals surface area (Å²) < 4.78 is 10.5. The van der Waals surface area contributed by atoms with Gasteiger partial charge in [0.05, 0.1) is 20.6 Å². The normalized spacial score (nSPS) is 10.4. The van der Waals surface area contributed by atoms with Crippen molar-refractivity contribution in [1.29, 1.82) is 0 Å². The highest BCUT2D eigenvalue weighted by atomic mass is 16.5. The summed E-state index contributed by atoms with van der Waals surface area (Å²) in [4.78, 5) is 12.1. The lowest BCUT2D eigenvalue weighted by Crippen LogP contribution is -2.26. The number of carbonyl (C=O) groups is 1. The Morgan fingerprint density at radius 2 is 1.60 bits per heavy atom. The third-order valence-electron chi connectivity index (χ3n) is 4.15. The Labute approximate surface area is 150 Å². The van der Waals surface area contributed by atoms with Gasteiger partial charge in [0.1, 0.15) is 0 Å². The topological polar surface area (TPSA) is 47.6 Å². The van der Waals surface area contributed by atoms with E-state index in [0.717, 1.165) is 24.8 Å². The van der Waals surface area contributed by atoms with Gasteiger partial charge in [-0.2, -0.15) is 0 Å². The van der Waals surface area contributed by atoms with Gasteiger partial charge in [-0.3, -0.25) is 4.79 Å². The summed E-state index contributed by atoms with van der Waals surface area (Å²) in [6.45, 7) is 2.80. The van der Waals surface area contributed by atoms with Gasteiger partial charge in [0.15, 0.2) is 11.5 Å². The van der Waals surface area contributed by atoms with E-state index in [9.17, 15) is 4.79 Å². The summed E-state index contributed by atoms with van der Waals surface area (Å²) in [5.41, 5.74) is 3.54. The second-order valence-electron chi connectivity index (χ2n) is 6.16. The van der Waals surface area contributed by atoms with Crippen molar-refractivity contribution in [3.05, 3.63) is 59.2 Å². The van der Waals surface area contributed by atoms with Crippen LogP contribution in [0.1, 0.15) is 29.5 Å². The van der Waals surface area contributed by atoms with Crippen LogP contribution in [0.25, 0.3) is 0 Å². The first-order valence-electron chi connectivity index (χ1n) is 8.65. The third kappa shape index (κ3) is 6.14. The van der Waals surface area contributed by atoms with Crippen LogP contribution in [0.3, 0.4) is 0 Å². The highest BCUT2D eigenvalue weighted by molar-refractivity contribution is 5.78. The predicted molar refractivity (Wildman–Crippen MR) is 100 cm³/mol. The molecule has 0 aliphatic carbocycles. The quantitative estimate of drug-likeness (QED) is 0.708. The van der Waals surface area contributed by atoms with Gasteiger partial charge in [-0.15, -0.1) is 0 Å². The van der Waals surface area contributed by atoms with E-state index in [0.29, 0.717) is 24.5 Å². The molecule has 0 unspecified atom stereocenters. The van der Waals surface area contributed by atoms with Gasteiger partial charge in [0.2, 0.25) is 5.91 Å². The van der Waals surface area contributed by atoms with E-state index in [4.69, 9.17) is 9.47 Å². The molecule has 4 heteroatoms. The monoisotopic (exact) mass is 341 g/mol. The molecule has 0 saturated heterocycles. The number of methoxy groups -OCH3 is 2. The first-order chi connectivity index (χ1) is 12.1. The lowest BCUT2D eigenvalue weighted by molar-refractivity contribution is -0.120. The summed E-state index contributed by atoms with van der Waals surface area (Å²) in [5.74, 6) is 1.34. The molecular weight excluding hydrogens is 314 g/mol. The van der Waals surface area contributed by atoms with Crippen LogP contribution in [0, 0.1) is 6.92 Å². The molecule has 2 rings (SSSR count). The van der Waals surface area contributed by atoms with E-state index < -0.39 is 0 Å². The molecule has 0 heterocycles. The lowest BCUT2D eigenvalue weighted by atomic mass is 10.1. The molecule has 1 N–H and O–H groups in total. The third-order valence-corrected chi connectivity index (χ3v) is 4.15. The minimum absolute atomic E-state index is 0.0301. The highest BCUT2D eigenvalue weighted by Gasteiger charge is 2.08. The lowest BCUT2D eigenvalue weighted by Gasteiger charge is -2.10. The van der Waals surface area contributed by atoms with Crippen molar-refractivity contribution in [2.75, 3.05) is 20.8 Å². The first-order valence-corrected chi connectivity index (χ1v) is 8.65. The Bertz CT molecular complexity index is 680. The van der Waals surface area contributed by atoms with Crippen molar-refractivity contribution < 1.29 is 14.3 Å². The van der Waals surface area contributed by atoms with Crippen molar-refractivity contribution >= 4 is 5.91 Å². The Morgan fingerprint density at radius 3 is 2.28 bits per heavy atom. The Hall–Kier alpha value is -2.49. The maximum Gasteiger partial charge on any atom is 0.224 e. The zero-order chi connectivity index (χ0) is 18.1. The number of unbranched alkanes of at least 4 members (excludes halogenated alkanes) is 1. The van der Waals surface area contributed by atoms with Crippen LogP contribution >= 0.6 is 0 Å². The first kappa shape index (κ1) is 18.8. The molecule has 0 aliphatic rings. The van der Waals surface area contributed by atoms with Gasteiger partial charge in [-0.1, -0.05) is 35.9 Å². The SMILES string of the molecule is COc1ccc(CC(=O)NCCCCc2ccc(C)cc2)cc1OC. The summed E-state index contributed by atoms with van der Waals surface area (Å²) in [7, 11) is 3.19. The van der Waals surface area contributed by atoms with Crippen LogP contribution in [0.15, 0.2) is 42.5 Å². The number of ether oxygens (including phenoxy) is 2. The van der Waals surface area contributed by atoms with Crippen LogP contribution in [0.4, 0.5) is 0 Å². The van der Waals surface area contributed by atoms with Crippen LogP contribution in [0.2, 0.25) is 0 Å². The molecule has 0 atom stereocenters. The van der Waals surface area contributed by atoms with E-state index >= 15 is 0 Å². The van der Waals surface area contributed by atoms with Crippen LogP contribution < -0.4 is 14.8 Å². The number of carbonyl (C=O) groups excluding carboxylic acids is 1. The van der Waals surface area contributed by atoms with Crippen molar-refractivity contribution in [1.82, 2.24) is 5.32 Å². The second kappa shape index (κ2) is 9.72. The molecule has 4 nitrogen and oxygen atoms in total. The van der Waals surface area contributed by atoms with Gasteiger partial charge in [0.25, 0.3) is 0 Å². The summed E-state index contributed by atoms with van der Waals surface area (Å²) in [6, 6.07) is 14.2. The van der Waals surface area contributed by atoms with Crippen LogP contribution in [-0.2, 0) is 17.6 Å². The molecule has 0 fully saturated rings. The number of hydrogen-bond donors (Lipinski definition) is 1. The fraction of sp³-hybridized carbons (Fsp3) is 0.381. The summed E-state index contributed by atoms with van der Waals surface area (Å²) in [5, 5.41) is 2.98. The molecule has 0 bridgehead atoms. The van der Waals surface area contributed by atoms with E-state index in [1.54, 1.807) is 14.2 Å². The molecule has 2 aromatic rings. The number of amides is 1. The molecule has 1 amide bonds. The number of nitrogens with one attached hydrogen (secondary N) is 1. The van der Waals surface area contributed by atoms with E-state index in [2.05, 4.69) is 36.5 Å². The van der Waals surface area contributed by atoms with Crippen LogP contribution in [-0.4, -0.2) is 26.7 Å².